The smallest absolute Gasteiger partial charge is 0.246 e. The number of carbonyl (C=O) groups excluding carboxylic acids is 1. The third-order valence-corrected chi connectivity index (χ3v) is 2.65. The van der Waals surface area contributed by atoms with E-state index in [1.165, 1.54) is 0 Å². The lowest BCUT2D eigenvalue weighted by Gasteiger charge is -2.36. The van der Waals surface area contributed by atoms with E-state index in [9.17, 15) is 4.79 Å². The molecule has 1 unspecified atom stereocenters. The molecule has 1 fully saturated rings. The third kappa shape index (κ3) is 6.33. The minimum Gasteiger partial charge on any atom is -0.369 e. The molecule has 0 aromatic rings. The van der Waals surface area contributed by atoms with E-state index in [0.717, 1.165) is 13.1 Å². The van der Waals surface area contributed by atoms with E-state index in [2.05, 4.69) is 24.5 Å². The van der Waals surface area contributed by atoms with Gasteiger partial charge in [-0.15, -0.1) is 0 Å². The van der Waals surface area contributed by atoms with Crippen molar-refractivity contribution >= 4 is 5.91 Å². The van der Waals surface area contributed by atoms with Crippen molar-refractivity contribution in [3.8, 4) is 0 Å². The molecule has 0 aromatic heterocycles. The number of ether oxygens (including phenoxy) is 2. The molecule has 1 saturated heterocycles. The summed E-state index contributed by atoms with van der Waals surface area (Å²) >= 11 is 0. The van der Waals surface area contributed by atoms with Gasteiger partial charge in [0.1, 0.15) is 6.61 Å². The fourth-order valence-corrected chi connectivity index (χ4v) is 1.81. The van der Waals surface area contributed by atoms with Crippen molar-refractivity contribution < 1.29 is 14.3 Å². The lowest BCUT2D eigenvalue weighted by Crippen LogP contribution is -2.52. The Kier molecular flexibility index (Phi) is 6.05. The third-order valence-electron chi connectivity index (χ3n) is 2.65. The molecule has 18 heavy (non-hydrogen) atoms. The predicted octanol–water partition coefficient (Wildman–Crippen LogP) is 0.542. The first-order chi connectivity index (χ1) is 8.39. The second-order valence-electron chi connectivity index (χ2n) is 5.84. The van der Waals surface area contributed by atoms with Crippen molar-refractivity contribution in [2.45, 2.75) is 39.4 Å². The highest BCUT2D eigenvalue weighted by Gasteiger charge is 2.28. The van der Waals surface area contributed by atoms with Crippen molar-refractivity contribution in [1.29, 1.82) is 0 Å². The summed E-state index contributed by atoms with van der Waals surface area (Å²) in [6.45, 7) is 11.1. The molecular formula is C13H26N2O3. The van der Waals surface area contributed by atoms with Gasteiger partial charge in [-0.25, -0.2) is 0 Å². The summed E-state index contributed by atoms with van der Waals surface area (Å²) in [6, 6.07) is 0. The van der Waals surface area contributed by atoms with Crippen molar-refractivity contribution in [1.82, 2.24) is 10.6 Å². The van der Waals surface area contributed by atoms with Crippen molar-refractivity contribution in [2.24, 2.45) is 5.92 Å². The molecule has 0 aliphatic carbocycles. The zero-order valence-corrected chi connectivity index (χ0v) is 11.9. The Morgan fingerprint density at radius 1 is 1.56 bits per heavy atom. The van der Waals surface area contributed by atoms with Gasteiger partial charge >= 0.3 is 0 Å². The van der Waals surface area contributed by atoms with Crippen molar-refractivity contribution in [3.63, 3.8) is 0 Å². The number of nitrogens with one attached hydrogen (secondary N) is 2. The molecule has 1 heterocycles. The van der Waals surface area contributed by atoms with E-state index in [1.807, 2.05) is 13.8 Å². The summed E-state index contributed by atoms with van der Waals surface area (Å²) in [5, 5.41) is 6.11. The summed E-state index contributed by atoms with van der Waals surface area (Å²) in [5.74, 6) is 0.396. The zero-order valence-electron chi connectivity index (χ0n) is 11.9. The highest BCUT2D eigenvalue weighted by atomic mass is 16.5. The molecule has 5 nitrogen and oxygen atoms in total. The molecule has 1 rings (SSSR count). The molecule has 0 radical (unpaired) electrons. The van der Waals surface area contributed by atoms with E-state index in [1.54, 1.807) is 0 Å². The van der Waals surface area contributed by atoms with Crippen LogP contribution in [-0.4, -0.2) is 50.5 Å². The fraction of sp³-hybridized carbons (Fsp3) is 0.923. The number of morpholine rings is 1. The maximum atomic E-state index is 11.4. The Labute approximate surface area is 110 Å². The number of hydrogen-bond donors (Lipinski definition) is 2. The molecule has 106 valence electrons. The van der Waals surface area contributed by atoms with Gasteiger partial charge in [0.05, 0.1) is 18.3 Å². The number of amides is 1. The molecule has 2 N–H and O–H groups in total. The first-order valence-electron chi connectivity index (χ1n) is 6.62. The SMILES string of the molecule is CC(C)CNC(=O)COCC1CNCC(C)(C)O1. The van der Waals surface area contributed by atoms with Crippen LogP contribution in [0.3, 0.4) is 0 Å². The van der Waals surface area contributed by atoms with Crippen LogP contribution in [0.25, 0.3) is 0 Å². The molecule has 0 saturated carbocycles. The van der Waals surface area contributed by atoms with Gasteiger partial charge in [-0.1, -0.05) is 13.8 Å². The molecule has 0 spiro atoms. The number of rotatable bonds is 6. The average molecular weight is 258 g/mol. The van der Waals surface area contributed by atoms with Crippen LogP contribution in [0, 0.1) is 5.92 Å². The maximum absolute atomic E-state index is 11.4. The Bertz CT molecular complexity index is 267. The first-order valence-corrected chi connectivity index (χ1v) is 6.62. The largest absolute Gasteiger partial charge is 0.369 e. The van der Waals surface area contributed by atoms with Gasteiger partial charge in [-0.3, -0.25) is 4.79 Å². The van der Waals surface area contributed by atoms with Crippen LogP contribution in [0.1, 0.15) is 27.7 Å². The van der Waals surface area contributed by atoms with Gasteiger partial charge < -0.3 is 20.1 Å². The Morgan fingerprint density at radius 2 is 2.28 bits per heavy atom. The van der Waals surface area contributed by atoms with Gasteiger partial charge in [0.2, 0.25) is 5.91 Å². The van der Waals surface area contributed by atoms with Crippen molar-refractivity contribution in [2.75, 3.05) is 32.8 Å². The quantitative estimate of drug-likeness (QED) is 0.730. The molecule has 1 aliphatic heterocycles. The monoisotopic (exact) mass is 258 g/mol. The predicted molar refractivity (Wildman–Crippen MR) is 70.5 cm³/mol. The highest BCUT2D eigenvalue weighted by molar-refractivity contribution is 5.77. The van der Waals surface area contributed by atoms with E-state index >= 15 is 0 Å². The van der Waals surface area contributed by atoms with Gasteiger partial charge in [0, 0.05) is 19.6 Å². The topological polar surface area (TPSA) is 59.6 Å². The molecular weight excluding hydrogens is 232 g/mol. The highest BCUT2D eigenvalue weighted by Crippen LogP contribution is 2.15. The summed E-state index contributed by atoms with van der Waals surface area (Å²) in [5.41, 5.74) is -0.161. The molecule has 1 aliphatic rings. The Hall–Kier alpha value is -0.650. The van der Waals surface area contributed by atoms with E-state index in [0.29, 0.717) is 19.1 Å². The van der Waals surface area contributed by atoms with E-state index in [4.69, 9.17) is 9.47 Å². The first kappa shape index (κ1) is 15.4. The number of carbonyl (C=O) groups is 1. The molecule has 1 atom stereocenters. The van der Waals surface area contributed by atoms with Gasteiger partial charge in [-0.05, 0) is 19.8 Å². The van der Waals surface area contributed by atoms with Crippen LogP contribution >= 0.6 is 0 Å². The second-order valence-corrected chi connectivity index (χ2v) is 5.84. The average Bonchev–Trinajstić information content (AvgIpc) is 2.25. The standard InChI is InChI=1S/C13H26N2O3/c1-10(2)5-15-12(16)8-17-7-11-6-14-9-13(3,4)18-11/h10-11,14H,5-9H2,1-4H3,(H,15,16). The summed E-state index contributed by atoms with van der Waals surface area (Å²) in [6.07, 6.45) is 0.0200. The van der Waals surface area contributed by atoms with E-state index < -0.39 is 0 Å². The second kappa shape index (κ2) is 7.07. The van der Waals surface area contributed by atoms with Crippen LogP contribution in [-0.2, 0) is 14.3 Å². The van der Waals surface area contributed by atoms with Gasteiger partial charge in [-0.2, -0.15) is 0 Å². The fourth-order valence-electron chi connectivity index (χ4n) is 1.81. The van der Waals surface area contributed by atoms with Crippen molar-refractivity contribution in [3.05, 3.63) is 0 Å². The van der Waals surface area contributed by atoms with Crippen LogP contribution in [0.5, 0.6) is 0 Å². The minimum atomic E-state index is -0.161. The molecule has 5 heteroatoms. The summed E-state index contributed by atoms with van der Waals surface area (Å²) < 4.78 is 11.2. The Morgan fingerprint density at radius 3 is 2.89 bits per heavy atom. The summed E-state index contributed by atoms with van der Waals surface area (Å²) in [4.78, 5) is 11.4. The number of hydrogen-bond acceptors (Lipinski definition) is 4. The van der Waals surface area contributed by atoms with Crippen LogP contribution in [0.15, 0.2) is 0 Å². The normalized spacial score (nSPS) is 23.1. The molecule has 0 bridgehead atoms. The van der Waals surface area contributed by atoms with Crippen LogP contribution in [0.4, 0.5) is 0 Å². The molecule has 1 amide bonds. The van der Waals surface area contributed by atoms with Gasteiger partial charge in [0.25, 0.3) is 0 Å². The molecule has 0 aromatic carbocycles. The van der Waals surface area contributed by atoms with Crippen LogP contribution in [0.2, 0.25) is 0 Å². The van der Waals surface area contributed by atoms with E-state index in [-0.39, 0.29) is 24.2 Å². The summed E-state index contributed by atoms with van der Waals surface area (Å²) in [7, 11) is 0. The zero-order chi connectivity index (χ0) is 13.6. The van der Waals surface area contributed by atoms with Gasteiger partial charge in [0.15, 0.2) is 0 Å². The lowest BCUT2D eigenvalue weighted by atomic mass is 10.1. The minimum absolute atomic E-state index is 0.0200. The lowest BCUT2D eigenvalue weighted by molar-refractivity contribution is -0.135. The maximum Gasteiger partial charge on any atom is 0.246 e. The Balaban J connectivity index is 2.12. The van der Waals surface area contributed by atoms with Crippen LogP contribution < -0.4 is 10.6 Å².